The third kappa shape index (κ3) is 4.50. The van der Waals surface area contributed by atoms with E-state index in [9.17, 15) is 14.0 Å². The normalized spacial score (nSPS) is 14.6. The fraction of sp³-hybridized carbons (Fsp3) is 0.0968. The monoisotopic (exact) mass is 569 g/mol. The summed E-state index contributed by atoms with van der Waals surface area (Å²) in [5.74, 6) is -0.125. The lowest BCUT2D eigenvalue weighted by Crippen LogP contribution is -2.29. The molecular formula is C31H21BrFNO4. The van der Waals surface area contributed by atoms with Crippen molar-refractivity contribution in [3.63, 3.8) is 0 Å². The molecule has 5 aromatic rings. The molecule has 0 fully saturated rings. The van der Waals surface area contributed by atoms with Gasteiger partial charge in [-0.3, -0.25) is 9.59 Å². The predicted molar refractivity (Wildman–Crippen MR) is 146 cm³/mol. The Labute approximate surface area is 226 Å². The Kier molecular flexibility index (Phi) is 6.29. The van der Waals surface area contributed by atoms with Gasteiger partial charge in [0.15, 0.2) is 5.43 Å². The molecule has 4 aromatic carbocycles. The molecule has 0 aliphatic carbocycles. The number of benzene rings is 4. The van der Waals surface area contributed by atoms with Crippen LogP contribution in [0.4, 0.5) is 4.39 Å². The quantitative estimate of drug-likeness (QED) is 0.220. The van der Waals surface area contributed by atoms with Crippen molar-refractivity contribution in [1.29, 1.82) is 0 Å². The van der Waals surface area contributed by atoms with Crippen molar-refractivity contribution < 1.29 is 18.3 Å². The molecule has 188 valence electrons. The number of hydrogen-bond acceptors (Lipinski definition) is 4. The van der Waals surface area contributed by atoms with E-state index in [0.29, 0.717) is 28.9 Å². The summed E-state index contributed by atoms with van der Waals surface area (Å²) in [7, 11) is 0. The van der Waals surface area contributed by atoms with E-state index in [2.05, 4.69) is 15.9 Å². The summed E-state index contributed by atoms with van der Waals surface area (Å²) in [5, 5.41) is 0.385. The number of carbonyl (C=O) groups is 1. The predicted octanol–water partition coefficient (Wildman–Crippen LogP) is 7.02. The lowest BCUT2D eigenvalue weighted by Gasteiger charge is -2.25. The van der Waals surface area contributed by atoms with Gasteiger partial charge in [0.1, 0.15) is 23.8 Å². The van der Waals surface area contributed by atoms with Crippen molar-refractivity contribution in [3.8, 4) is 5.75 Å². The van der Waals surface area contributed by atoms with Gasteiger partial charge in [-0.25, -0.2) is 4.39 Å². The first-order valence-corrected chi connectivity index (χ1v) is 12.9. The van der Waals surface area contributed by atoms with Gasteiger partial charge in [0.05, 0.1) is 17.0 Å². The third-order valence-corrected chi connectivity index (χ3v) is 7.11. The standard InChI is InChI=1S/C31H21BrFNO4/c32-22-11-14-26-25(16-22)29(35)27-28(21-7-4-8-24(15-21)37-18-20-5-2-1-3-6-20)34(31(36)30(27)38-26)17-19-9-12-23(33)13-10-19/h1-16,28H,17-18H2. The molecule has 1 aromatic heterocycles. The maximum Gasteiger partial charge on any atom is 0.291 e. The van der Waals surface area contributed by atoms with Gasteiger partial charge >= 0.3 is 0 Å². The van der Waals surface area contributed by atoms with Crippen molar-refractivity contribution in [2.45, 2.75) is 19.2 Å². The van der Waals surface area contributed by atoms with Gasteiger partial charge in [0.2, 0.25) is 5.76 Å². The van der Waals surface area contributed by atoms with Gasteiger partial charge in [-0.2, -0.15) is 0 Å². The van der Waals surface area contributed by atoms with Crippen molar-refractivity contribution in [2.75, 3.05) is 0 Å². The Balaban J connectivity index is 1.45. The smallest absolute Gasteiger partial charge is 0.291 e. The summed E-state index contributed by atoms with van der Waals surface area (Å²) in [6.07, 6.45) is 0. The van der Waals surface area contributed by atoms with Gasteiger partial charge in [0.25, 0.3) is 5.91 Å². The number of hydrogen-bond donors (Lipinski definition) is 0. The molecule has 1 atom stereocenters. The molecule has 1 unspecified atom stereocenters. The fourth-order valence-corrected chi connectivity index (χ4v) is 5.17. The third-order valence-electron chi connectivity index (χ3n) is 6.62. The molecule has 1 amide bonds. The Hall–Kier alpha value is -4.23. The second kappa shape index (κ2) is 9.91. The van der Waals surface area contributed by atoms with Crippen LogP contribution in [-0.2, 0) is 13.2 Å². The molecule has 0 N–H and O–H groups in total. The van der Waals surface area contributed by atoms with Crippen LogP contribution in [0.15, 0.2) is 111 Å². The van der Waals surface area contributed by atoms with E-state index in [0.717, 1.165) is 15.6 Å². The molecule has 0 radical (unpaired) electrons. The number of rotatable bonds is 6. The molecule has 0 bridgehead atoms. The minimum Gasteiger partial charge on any atom is -0.489 e. The van der Waals surface area contributed by atoms with Crippen LogP contribution in [0.3, 0.4) is 0 Å². The van der Waals surface area contributed by atoms with Crippen LogP contribution in [0.25, 0.3) is 11.0 Å². The van der Waals surface area contributed by atoms with Crippen molar-refractivity contribution in [1.82, 2.24) is 4.90 Å². The first-order valence-electron chi connectivity index (χ1n) is 12.1. The largest absolute Gasteiger partial charge is 0.489 e. The highest BCUT2D eigenvalue weighted by Crippen LogP contribution is 2.40. The van der Waals surface area contributed by atoms with Crippen LogP contribution in [-0.4, -0.2) is 10.8 Å². The van der Waals surface area contributed by atoms with Crippen LogP contribution in [0.1, 0.15) is 38.9 Å². The highest BCUT2D eigenvalue weighted by atomic mass is 79.9. The Morgan fingerprint density at radius 2 is 1.66 bits per heavy atom. The zero-order chi connectivity index (χ0) is 26.2. The molecular weight excluding hydrogens is 549 g/mol. The van der Waals surface area contributed by atoms with Crippen LogP contribution < -0.4 is 10.2 Å². The SMILES string of the molecule is O=C1c2oc3ccc(Br)cc3c(=O)c2C(c2cccc(OCc3ccccc3)c2)N1Cc1ccc(F)cc1. The maximum atomic E-state index is 13.8. The van der Waals surface area contributed by atoms with E-state index < -0.39 is 11.9 Å². The number of nitrogens with zero attached hydrogens (tertiary/aromatic N) is 1. The van der Waals surface area contributed by atoms with E-state index in [1.165, 1.54) is 12.1 Å². The zero-order valence-corrected chi connectivity index (χ0v) is 21.7. The zero-order valence-electron chi connectivity index (χ0n) is 20.1. The minimum atomic E-state index is -0.706. The molecule has 38 heavy (non-hydrogen) atoms. The number of carbonyl (C=O) groups excluding carboxylic acids is 1. The lowest BCUT2D eigenvalue weighted by molar-refractivity contribution is 0.0714. The highest BCUT2D eigenvalue weighted by molar-refractivity contribution is 9.10. The van der Waals surface area contributed by atoms with E-state index in [1.807, 2.05) is 54.6 Å². The summed E-state index contributed by atoms with van der Waals surface area (Å²) in [6.45, 7) is 0.549. The first kappa shape index (κ1) is 24.1. The van der Waals surface area contributed by atoms with Crippen LogP contribution >= 0.6 is 15.9 Å². The molecule has 6 rings (SSSR count). The number of halogens is 2. The molecule has 0 spiro atoms. The van der Waals surface area contributed by atoms with Gasteiger partial charge in [-0.05, 0) is 59.2 Å². The van der Waals surface area contributed by atoms with Crippen LogP contribution in [0.5, 0.6) is 5.75 Å². The summed E-state index contributed by atoms with van der Waals surface area (Å²) in [5.41, 5.74) is 2.82. The summed E-state index contributed by atoms with van der Waals surface area (Å²) in [4.78, 5) is 29.1. The van der Waals surface area contributed by atoms with E-state index in [1.54, 1.807) is 35.2 Å². The fourth-order valence-electron chi connectivity index (χ4n) is 4.80. The molecule has 7 heteroatoms. The summed E-state index contributed by atoms with van der Waals surface area (Å²) >= 11 is 3.42. The Morgan fingerprint density at radius 3 is 2.45 bits per heavy atom. The molecule has 2 heterocycles. The lowest BCUT2D eigenvalue weighted by atomic mass is 9.98. The molecule has 0 saturated heterocycles. The maximum absolute atomic E-state index is 13.8. The molecule has 1 aliphatic rings. The minimum absolute atomic E-state index is 0.0209. The average molecular weight is 570 g/mol. The van der Waals surface area contributed by atoms with E-state index in [4.69, 9.17) is 9.15 Å². The van der Waals surface area contributed by atoms with Gasteiger partial charge in [-0.15, -0.1) is 0 Å². The summed E-state index contributed by atoms with van der Waals surface area (Å²) in [6, 6.07) is 27.6. The summed E-state index contributed by atoms with van der Waals surface area (Å²) < 4.78 is 26.4. The second-order valence-electron chi connectivity index (χ2n) is 9.12. The highest BCUT2D eigenvalue weighted by Gasteiger charge is 2.42. The second-order valence-corrected chi connectivity index (χ2v) is 10.0. The van der Waals surface area contributed by atoms with Crippen molar-refractivity contribution in [2.24, 2.45) is 0 Å². The first-order chi connectivity index (χ1) is 18.5. The number of ether oxygens (including phenoxy) is 1. The average Bonchev–Trinajstić information content (AvgIpc) is 3.21. The topological polar surface area (TPSA) is 59.8 Å². The van der Waals surface area contributed by atoms with Crippen molar-refractivity contribution >= 4 is 32.8 Å². The van der Waals surface area contributed by atoms with E-state index in [-0.39, 0.29) is 29.1 Å². The van der Waals surface area contributed by atoms with E-state index >= 15 is 0 Å². The molecule has 1 aliphatic heterocycles. The molecule has 0 saturated carbocycles. The Bertz CT molecular complexity index is 1720. The van der Waals surface area contributed by atoms with Gasteiger partial charge in [-0.1, -0.05) is 70.5 Å². The Morgan fingerprint density at radius 1 is 0.868 bits per heavy atom. The molecule has 5 nitrogen and oxygen atoms in total. The number of amides is 1. The van der Waals surface area contributed by atoms with Gasteiger partial charge in [0, 0.05) is 11.0 Å². The van der Waals surface area contributed by atoms with Gasteiger partial charge < -0.3 is 14.1 Å². The van der Waals surface area contributed by atoms with Crippen molar-refractivity contribution in [3.05, 3.63) is 146 Å². The number of fused-ring (bicyclic) bond motifs is 2. The van der Waals surface area contributed by atoms with Crippen LogP contribution in [0, 0.1) is 5.82 Å². The van der Waals surface area contributed by atoms with Crippen LogP contribution in [0.2, 0.25) is 0 Å².